The van der Waals surface area contributed by atoms with Crippen molar-refractivity contribution in [2.45, 2.75) is 26.3 Å². The van der Waals surface area contributed by atoms with Gasteiger partial charge in [-0.25, -0.2) is 4.79 Å². The maximum Gasteiger partial charge on any atom is 0.335 e. The first kappa shape index (κ1) is 13.2. The van der Waals surface area contributed by atoms with E-state index in [0.717, 1.165) is 0 Å². The van der Waals surface area contributed by atoms with Crippen LogP contribution in [-0.2, 0) is 11.2 Å². The van der Waals surface area contributed by atoms with Gasteiger partial charge in [-0.2, -0.15) is 0 Å². The molecule has 0 atom stereocenters. The number of amides is 1. The second-order valence-corrected chi connectivity index (χ2v) is 4.24. The van der Waals surface area contributed by atoms with Gasteiger partial charge in [-0.1, -0.05) is 18.2 Å². The monoisotopic (exact) mass is 235 g/mol. The third-order valence-corrected chi connectivity index (χ3v) is 2.76. The predicted octanol–water partition coefficient (Wildman–Crippen LogP) is 1.79. The number of carbonyl (C=O) groups excluding carboxylic acids is 1. The Bertz CT molecular complexity index is 426. The molecular formula is C13H17NO3. The number of carboxylic acids is 1. The van der Waals surface area contributed by atoms with Gasteiger partial charge in [0.25, 0.3) is 0 Å². The van der Waals surface area contributed by atoms with E-state index in [-0.39, 0.29) is 23.9 Å². The van der Waals surface area contributed by atoms with Gasteiger partial charge in [0, 0.05) is 13.1 Å². The number of nitrogens with zero attached hydrogens (tertiary/aromatic N) is 1. The first-order valence-electron chi connectivity index (χ1n) is 5.50. The molecule has 0 saturated carbocycles. The summed E-state index contributed by atoms with van der Waals surface area (Å²) in [6.07, 6.45) is 0.122. The van der Waals surface area contributed by atoms with E-state index >= 15 is 0 Å². The minimum atomic E-state index is -0.999. The highest BCUT2D eigenvalue weighted by Crippen LogP contribution is 2.11. The molecule has 0 fully saturated rings. The Morgan fingerprint density at radius 1 is 1.29 bits per heavy atom. The maximum absolute atomic E-state index is 11.9. The minimum absolute atomic E-state index is 0.0753. The Morgan fingerprint density at radius 3 is 2.41 bits per heavy atom. The molecule has 0 aliphatic heterocycles. The molecule has 0 saturated heterocycles. The van der Waals surface area contributed by atoms with Crippen molar-refractivity contribution >= 4 is 11.9 Å². The van der Waals surface area contributed by atoms with Crippen LogP contribution < -0.4 is 0 Å². The van der Waals surface area contributed by atoms with E-state index in [1.165, 1.54) is 6.07 Å². The zero-order chi connectivity index (χ0) is 13.0. The Morgan fingerprint density at radius 2 is 1.88 bits per heavy atom. The molecule has 0 aliphatic rings. The summed E-state index contributed by atoms with van der Waals surface area (Å²) in [4.78, 5) is 24.5. The van der Waals surface area contributed by atoms with Crippen molar-refractivity contribution in [1.82, 2.24) is 4.90 Å². The molecule has 0 bridgehead atoms. The summed E-state index contributed by atoms with van der Waals surface area (Å²) in [5.74, 6) is -1.07. The van der Waals surface area contributed by atoms with Gasteiger partial charge in [-0.3, -0.25) is 4.79 Å². The summed E-state index contributed by atoms with van der Waals surface area (Å²) in [6.45, 7) is 3.84. The smallest absolute Gasteiger partial charge is 0.335 e. The van der Waals surface area contributed by atoms with Gasteiger partial charge in [0.2, 0.25) is 5.91 Å². The molecule has 4 nitrogen and oxygen atoms in total. The number of carboxylic acid groups (broad SMARTS) is 1. The fraction of sp³-hybridized carbons (Fsp3) is 0.385. The van der Waals surface area contributed by atoms with Gasteiger partial charge in [0.1, 0.15) is 0 Å². The predicted molar refractivity (Wildman–Crippen MR) is 65.0 cm³/mol. The standard InChI is InChI=1S/C13H17NO3/c1-9(2)14(3)12(15)8-10-6-4-5-7-11(10)13(16)17/h4-7,9H,8H2,1-3H3,(H,16,17). The van der Waals surface area contributed by atoms with Gasteiger partial charge in [-0.15, -0.1) is 0 Å². The maximum atomic E-state index is 11.9. The molecule has 92 valence electrons. The second-order valence-electron chi connectivity index (χ2n) is 4.24. The lowest BCUT2D eigenvalue weighted by Gasteiger charge is -2.21. The number of carbonyl (C=O) groups is 2. The number of aromatic carboxylic acids is 1. The van der Waals surface area contributed by atoms with Crippen LogP contribution in [0.1, 0.15) is 29.8 Å². The highest BCUT2D eigenvalue weighted by Gasteiger charge is 2.16. The molecule has 1 aromatic rings. The first-order valence-corrected chi connectivity index (χ1v) is 5.50. The summed E-state index contributed by atoms with van der Waals surface area (Å²) < 4.78 is 0. The normalized spacial score (nSPS) is 10.4. The Hall–Kier alpha value is -1.84. The SMILES string of the molecule is CC(C)N(C)C(=O)Cc1ccccc1C(=O)O. The Kier molecular flexibility index (Phi) is 4.26. The van der Waals surface area contributed by atoms with Crippen LogP contribution in [0.15, 0.2) is 24.3 Å². The van der Waals surface area contributed by atoms with E-state index in [2.05, 4.69) is 0 Å². The molecule has 1 N–H and O–H groups in total. The number of likely N-dealkylation sites (N-methyl/N-ethyl adjacent to an activating group) is 1. The van der Waals surface area contributed by atoms with Crippen LogP contribution in [0.5, 0.6) is 0 Å². The van der Waals surface area contributed by atoms with Gasteiger partial charge in [0.05, 0.1) is 12.0 Å². The third kappa shape index (κ3) is 3.31. The van der Waals surface area contributed by atoms with Gasteiger partial charge >= 0.3 is 5.97 Å². The Balaban J connectivity index is 2.89. The van der Waals surface area contributed by atoms with Crippen molar-refractivity contribution < 1.29 is 14.7 Å². The average molecular weight is 235 g/mol. The van der Waals surface area contributed by atoms with Crippen LogP contribution in [0, 0.1) is 0 Å². The summed E-state index contributed by atoms with van der Waals surface area (Å²) in [7, 11) is 1.72. The minimum Gasteiger partial charge on any atom is -0.478 e. The van der Waals surface area contributed by atoms with Gasteiger partial charge in [-0.05, 0) is 25.5 Å². The van der Waals surface area contributed by atoms with Crippen molar-refractivity contribution in [1.29, 1.82) is 0 Å². The lowest BCUT2D eigenvalue weighted by molar-refractivity contribution is -0.130. The lowest BCUT2D eigenvalue weighted by atomic mass is 10.0. The van der Waals surface area contributed by atoms with Crippen molar-refractivity contribution in [3.05, 3.63) is 35.4 Å². The molecule has 4 heteroatoms. The van der Waals surface area contributed by atoms with Crippen LogP contribution >= 0.6 is 0 Å². The fourth-order valence-electron chi connectivity index (χ4n) is 1.46. The van der Waals surface area contributed by atoms with E-state index in [1.54, 1.807) is 30.1 Å². The number of hydrogen-bond acceptors (Lipinski definition) is 2. The molecule has 1 rings (SSSR count). The Labute approximate surface area is 101 Å². The number of hydrogen-bond donors (Lipinski definition) is 1. The molecule has 0 heterocycles. The van der Waals surface area contributed by atoms with E-state index in [9.17, 15) is 9.59 Å². The largest absolute Gasteiger partial charge is 0.478 e. The molecular weight excluding hydrogens is 218 g/mol. The number of rotatable bonds is 4. The van der Waals surface area contributed by atoms with Crippen molar-refractivity contribution in [3.8, 4) is 0 Å². The van der Waals surface area contributed by atoms with Crippen LogP contribution in [0.3, 0.4) is 0 Å². The van der Waals surface area contributed by atoms with E-state index in [1.807, 2.05) is 13.8 Å². The average Bonchev–Trinajstić information content (AvgIpc) is 2.28. The summed E-state index contributed by atoms with van der Waals surface area (Å²) in [5, 5.41) is 9.00. The highest BCUT2D eigenvalue weighted by molar-refractivity contribution is 5.91. The van der Waals surface area contributed by atoms with Crippen molar-refractivity contribution in [2.75, 3.05) is 7.05 Å². The zero-order valence-corrected chi connectivity index (χ0v) is 10.3. The quantitative estimate of drug-likeness (QED) is 0.865. The molecule has 17 heavy (non-hydrogen) atoms. The second kappa shape index (κ2) is 5.48. The van der Waals surface area contributed by atoms with E-state index in [0.29, 0.717) is 5.56 Å². The zero-order valence-electron chi connectivity index (χ0n) is 10.3. The van der Waals surface area contributed by atoms with Gasteiger partial charge < -0.3 is 10.0 Å². The molecule has 0 spiro atoms. The molecule has 0 aliphatic carbocycles. The van der Waals surface area contributed by atoms with Crippen LogP contribution in [0.4, 0.5) is 0 Å². The van der Waals surface area contributed by atoms with E-state index < -0.39 is 5.97 Å². The first-order chi connectivity index (χ1) is 7.93. The van der Waals surface area contributed by atoms with Gasteiger partial charge in [0.15, 0.2) is 0 Å². The molecule has 0 unspecified atom stereocenters. The molecule has 0 aromatic heterocycles. The van der Waals surface area contributed by atoms with Crippen LogP contribution in [0.25, 0.3) is 0 Å². The molecule has 1 aromatic carbocycles. The molecule has 1 amide bonds. The third-order valence-electron chi connectivity index (χ3n) is 2.76. The van der Waals surface area contributed by atoms with Crippen LogP contribution in [-0.4, -0.2) is 35.0 Å². The fourth-order valence-corrected chi connectivity index (χ4v) is 1.46. The molecule has 0 radical (unpaired) electrons. The summed E-state index contributed by atoms with van der Waals surface area (Å²) in [6, 6.07) is 6.70. The lowest BCUT2D eigenvalue weighted by Crippen LogP contribution is -2.34. The summed E-state index contributed by atoms with van der Waals surface area (Å²) in [5.41, 5.74) is 0.746. The topological polar surface area (TPSA) is 57.6 Å². The van der Waals surface area contributed by atoms with Crippen molar-refractivity contribution in [3.63, 3.8) is 0 Å². The highest BCUT2D eigenvalue weighted by atomic mass is 16.4. The van der Waals surface area contributed by atoms with Crippen molar-refractivity contribution in [2.24, 2.45) is 0 Å². The number of benzene rings is 1. The van der Waals surface area contributed by atoms with Crippen LogP contribution in [0.2, 0.25) is 0 Å². The van der Waals surface area contributed by atoms with E-state index in [4.69, 9.17) is 5.11 Å². The summed E-state index contributed by atoms with van der Waals surface area (Å²) >= 11 is 0.